The van der Waals surface area contributed by atoms with Crippen molar-refractivity contribution >= 4 is 33.5 Å². The molecular formula is C22H14N2O4S. The minimum Gasteiger partial charge on any atom is -0.505 e. The summed E-state index contributed by atoms with van der Waals surface area (Å²) in [5.74, 6) is -1.70. The number of benzene rings is 2. The molecule has 1 atom stereocenters. The van der Waals surface area contributed by atoms with Crippen molar-refractivity contribution < 1.29 is 19.8 Å². The van der Waals surface area contributed by atoms with E-state index in [1.165, 1.54) is 17.4 Å². The average molecular weight is 402 g/mol. The number of hydrogen-bond donors (Lipinski definition) is 2. The van der Waals surface area contributed by atoms with Crippen LogP contribution in [0.15, 0.2) is 71.7 Å². The fraction of sp³-hybridized carbons (Fsp3) is 0.0455. The van der Waals surface area contributed by atoms with Gasteiger partial charge in [0.25, 0.3) is 0 Å². The van der Waals surface area contributed by atoms with Crippen LogP contribution in [0.3, 0.4) is 0 Å². The Balaban J connectivity index is 2.05. The first-order chi connectivity index (χ1) is 14.1. The zero-order valence-corrected chi connectivity index (χ0v) is 15.8. The monoisotopic (exact) mass is 402 g/mol. The first-order valence-corrected chi connectivity index (χ1v) is 9.49. The number of aromatic hydroxyl groups is 1. The molecule has 2 aromatic carbocycles. The molecule has 0 aliphatic rings. The van der Waals surface area contributed by atoms with Gasteiger partial charge in [0, 0.05) is 15.8 Å². The Bertz CT molecular complexity index is 1240. The molecule has 0 saturated carbocycles. The van der Waals surface area contributed by atoms with Gasteiger partial charge in [-0.1, -0.05) is 60.7 Å². The highest BCUT2D eigenvalue weighted by Gasteiger charge is 2.28. The van der Waals surface area contributed by atoms with Crippen LogP contribution in [0, 0.1) is 0 Å². The summed E-state index contributed by atoms with van der Waals surface area (Å²) in [7, 11) is 0. The van der Waals surface area contributed by atoms with E-state index in [0.717, 1.165) is 20.7 Å². The molecule has 0 aliphatic heterocycles. The topological polar surface area (TPSA) is 99.9 Å². The maximum absolute atomic E-state index is 11.6. The van der Waals surface area contributed by atoms with Crippen molar-refractivity contribution in [3.8, 4) is 27.4 Å². The number of hydrogen-bond acceptors (Lipinski definition) is 6. The van der Waals surface area contributed by atoms with Crippen LogP contribution in [0.2, 0.25) is 0 Å². The summed E-state index contributed by atoms with van der Waals surface area (Å²) in [6, 6.07) is 19.1. The fourth-order valence-electron chi connectivity index (χ4n) is 3.12. The Labute approximate surface area is 169 Å². The van der Waals surface area contributed by atoms with E-state index in [-0.39, 0.29) is 11.4 Å². The van der Waals surface area contributed by atoms with Crippen molar-refractivity contribution in [2.24, 2.45) is 4.99 Å². The third kappa shape index (κ3) is 3.40. The van der Waals surface area contributed by atoms with Crippen LogP contribution in [-0.2, 0) is 9.59 Å². The standard InChI is InChI=1S/C22H14N2O4S/c25-12-23-19(22(27)28)18-20(26)15-11-16(13-7-3-1-4-8-13)29-21(15)17(24-18)14-9-5-2-6-10-14/h1-11,19,26H,(H,27,28). The SMILES string of the molecule is O=C=NC(C(=O)O)c1nc(-c2ccccc2)c2sc(-c3ccccc3)cc2c1O. The largest absolute Gasteiger partial charge is 0.505 e. The predicted molar refractivity (Wildman–Crippen MR) is 111 cm³/mol. The zero-order valence-electron chi connectivity index (χ0n) is 14.9. The van der Waals surface area contributed by atoms with Gasteiger partial charge in [0.15, 0.2) is 0 Å². The van der Waals surface area contributed by atoms with Crippen LogP contribution >= 0.6 is 11.3 Å². The van der Waals surface area contributed by atoms with Gasteiger partial charge in [0.05, 0.1) is 10.4 Å². The van der Waals surface area contributed by atoms with Gasteiger partial charge in [0.2, 0.25) is 12.1 Å². The number of carboxylic acids is 1. The number of carbonyl (C=O) groups excluding carboxylic acids is 1. The molecule has 0 aliphatic carbocycles. The lowest BCUT2D eigenvalue weighted by Gasteiger charge is -2.12. The second-order valence-corrected chi connectivity index (χ2v) is 7.29. The van der Waals surface area contributed by atoms with Crippen molar-refractivity contribution in [1.29, 1.82) is 0 Å². The van der Waals surface area contributed by atoms with Gasteiger partial charge in [-0.2, -0.15) is 4.99 Å². The highest BCUT2D eigenvalue weighted by molar-refractivity contribution is 7.22. The Morgan fingerprint density at radius 2 is 1.66 bits per heavy atom. The lowest BCUT2D eigenvalue weighted by Crippen LogP contribution is -2.11. The van der Waals surface area contributed by atoms with Crippen LogP contribution in [0.1, 0.15) is 11.7 Å². The molecular weight excluding hydrogens is 388 g/mol. The molecule has 6 nitrogen and oxygen atoms in total. The molecule has 29 heavy (non-hydrogen) atoms. The summed E-state index contributed by atoms with van der Waals surface area (Å²) in [4.78, 5) is 31.0. The minimum atomic E-state index is -1.64. The number of rotatable bonds is 5. The van der Waals surface area contributed by atoms with Crippen LogP contribution in [0.25, 0.3) is 31.8 Å². The molecule has 1 unspecified atom stereocenters. The maximum Gasteiger partial charge on any atom is 0.335 e. The minimum absolute atomic E-state index is 0.190. The Morgan fingerprint density at radius 1 is 1.03 bits per heavy atom. The number of pyridine rings is 1. The smallest absolute Gasteiger partial charge is 0.335 e. The molecule has 0 bridgehead atoms. The molecule has 0 spiro atoms. The van der Waals surface area contributed by atoms with Crippen LogP contribution < -0.4 is 0 Å². The number of carboxylic acid groups (broad SMARTS) is 1. The van der Waals surface area contributed by atoms with Gasteiger partial charge in [0.1, 0.15) is 11.4 Å². The van der Waals surface area contributed by atoms with E-state index in [4.69, 9.17) is 0 Å². The third-order valence-corrected chi connectivity index (χ3v) is 5.65. The van der Waals surface area contributed by atoms with E-state index in [9.17, 15) is 19.8 Å². The molecule has 2 aromatic heterocycles. The maximum atomic E-state index is 11.6. The molecule has 142 valence electrons. The van der Waals surface area contributed by atoms with Crippen LogP contribution in [0.4, 0.5) is 0 Å². The molecule has 0 fully saturated rings. The van der Waals surface area contributed by atoms with Gasteiger partial charge in [-0.3, -0.25) is 0 Å². The van der Waals surface area contributed by atoms with Crippen molar-refractivity contribution in [2.75, 3.05) is 0 Å². The number of thiophene rings is 1. The van der Waals surface area contributed by atoms with Crippen LogP contribution in [-0.4, -0.2) is 27.2 Å². The average Bonchev–Trinajstić information content (AvgIpc) is 3.20. The lowest BCUT2D eigenvalue weighted by atomic mass is 10.0. The van der Waals surface area contributed by atoms with Crippen molar-refractivity contribution in [3.05, 3.63) is 72.4 Å². The summed E-state index contributed by atoms with van der Waals surface area (Å²) < 4.78 is 0.718. The Kier molecular flexibility index (Phi) is 4.91. The second kappa shape index (κ2) is 7.67. The first-order valence-electron chi connectivity index (χ1n) is 8.67. The van der Waals surface area contributed by atoms with Gasteiger partial charge >= 0.3 is 5.97 Å². The van der Waals surface area contributed by atoms with Crippen molar-refractivity contribution in [2.45, 2.75) is 6.04 Å². The molecule has 4 rings (SSSR count). The number of aliphatic imine (C=N–C) groups is 1. The summed E-state index contributed by atoms with van der Waals surface area (Å²) in [5.41, 5.74) is 2.06. The molecule has 2 N–H and O–H groups in total. The van der Waals surface area contributed by atoms with E-state index in [1.807, 2.05) is 60.7 Å². The Morgan fingerprint density at radius 3 is 2.24 bits per heavy atom. The number of aliphatic carboxylic acids is 1. The van der Waals surface area contributed by atoms with Gasteiger partial charge in [-0.05, 0) is 11.6 Å². The van der Waals surface area contributed by atoms with E-state index in [1.54, 1.807) is 6.07 Å². The quantitative estimate of drug-likeness (QED) is 0.369. The molecule has 4 aromatic rings. The summed E-state index contributed by atoms with van der Waals surface area (Å²) >= 11 is 1.45. The van der Waals surface area contributed by atoms with E-state index in [2.05, 4.69) is 9.98 Å². The number of carbonyl (C=O) groups is 1. The number of aromatic nitrogens is 1. The molecule has 0 amide bonds. The summed E-state index contributed by atoms with van der Waals surface area (Å²) in [5, 5.41) is 20.8. The summed E-state index contributed by atoms with van der Waals surface area (Å²) in [6.45, 7) is 0. The Hall–Kier alpha value is -3.80. The van der Waals surface area contributed by atoms with E-state index >= 15 is 0 Å². The van der Waals surface area contributed by atoms with Gasteiger partial charge in [-0.25, -0.2) is 14.6 Å². The normalized spacial score (nSPS) is 11.7. The van der Waals surface area contributed by atoms with E-state index in [0.29, 0.717) is 11.1 Å². The first kappa shape index (κ1) is 18.6. The van der Waals surface area contributed by atoms with Crippen molar-refractivity contribution in [3.63, 3.8) is 0 Å². The second-order valence-electron chi connectivity index (χ2n) is 6.24. The highest BCUT2D eigenvalue weighted by Crippen LogP contribution is 2.44. The zero-order chi connectivity index (χ0) is 20.4. The molecule has 7 heteroatoms. The van der Waals surface area contributed by atoms with Crippen molar-refractivity contribution in [1.82, 2.24) is 4.98 Å². The number of fused-ring (bicyclic) bond motifs is 1. The van der Waals surface area contributed by atoms with Gasteiger partial charge in [-0.15, -0.1) is 11.3 Å². The fourth-order valence-corrected chi connectivity index (χ4v) is 4.29. The van der Waals surface area contributed by atoms with E-state index < -0.39 is 12.0 Å². The molecule has 0 radical (unpaired) electrons. The lowest BCUT2D eigenvalue weighted by molar-refractivity contribution is -0.138. The van der Waals surface area contributed by atoms with Crippen LogP contribution in [0.5, 0.6) is 5.75 Å². The molecule has 2 heterocycles. The number of nitrogens with zero attached hydrogens (tertiary/aromatic N) is 2. The number of isocyanates is 1. The third-order valence-electron chi connectivity index (χ3n) is 4.46. The molecule has 0 saturated heterocycles. The van der Waals surface area contributed by atoms with Gasteiger partial charge < -0.3 is 10.2 Å². The predicted octanol–water partition coefficient (Wildman–Crippen LogP) is 4.80. The summed E-state index contributed by atoms with van der Waals surface area (Å²) in [6.07, 6.45) is 1.26. The highest BCUT2D eigenvalue weighted by atomic mass is 32.1.